The predicted octanol–water partition coefficient (Wildman–Crippen LogP) is 3.96. The molecule has 2 heterocycles. The van der Waals surface area contributed by atoms with Gasteiger partial charge in [0.2, 0.25) is 5.91 Å². The van der Waals surface area contributed by atoms with Crippen molar-refractivity contribution in [1.82, 2.24) is 25.1 Å². The number of amides is 1. The first kappa shape index (κ1) is 19.7. The molecular formula is C23H31N5O. The molecule has 1 fully saturated rings. The number of carbonyl (C=O) groups excluding carboxylic acids is 1. The molecule has 0 radical (unpaired) electrons. The Kier molecular flexibility index (Phi) is 5.97. The highest BCUT2D eigenvalue weighted by Crippen LogP contribution is 2.27. The molecule has 2 aliphatic rings. The van der Waals surface area contributed by atoms with Crippen molar-refractivity contribution in [2.45, 2.75) is 71.4 Å². The van der Waals surface area contributed by atoms with Crippen molar-refractivity contribution in [1.29, 1.82) is 0 Å². The van der Waals surface area contributed by atoms with E-state index in [2.05, 4.69) is 39.7 Å². The van der Waals surface area contributed by atoms with Crippen molar-refractivity contribution in [3.8, 4) is 0 Å². The molecule has 2 N–H and O–H groups in total. The molecule has 6 nitrogen and oxygen atoms in total. The fourth-order valence-electron chi connectivity index (χ4n) is 4.54. The maximum atomic E-state index is 12.4. The predicted molar refractivity (Wildman–Crippen MR) is 115 cm³/mol. The van der Waals surface area contributed by atoms with E-state index in [0.29, 0.717) is 18.9 Å². The minimum absolute atomic E-state index is 0.128. The van der Waals surface area contributed by atoms with E-state index in [9.17, 15) is 4.79 Å². The average Bonchev–Trinajstić information content (AvgIpc) is 3.13. The molecule has 0 saturated heterocycles. The van der Waals surface area contributed by atoms with E-state index >= 15 is 0 Å². The van der Waals surface area contributed by atoms with Gasteiger partial charge in [-0.25, -0.2) is 4.98 Å². The summed E-state index contributed by atoms with van der Waals surface area (Å²) in [4.78, 5) is 20.7. The van der Waals surface area contributed by atoms with Crippen molar-refractivity contribution in [2.75, 3.05) is 0 Å². The van der Waals surface area contributed by atoms with E-state index in [0.717, 1.165) is 60.7 Å². The van der Waals surface area contributed by atoms with Crippen LogP contribution >= 0.6 is 0 Å². The van der Waals surface area contributed by atoms with Crippen LogP contribution in [0, 0.1) is 19.8 Å². The van der Waals surface area contributed by atoms with Gasteiger partial charge in [0, 0.05) is 31.1 Å². The Morgan fingerprint density at radius 2 is 2.14 bits per heavy atom. The van der Waals surface area contributed by atoms with Crippen LogP contribution in [-0.4, -0.2) is 31.7 Å². The lowest BCUT2D eigenvalue weighted by atomic mass is 9.83. The Hall–Kier alpha value is -2.63. The third-order valence-corrected chi connectivity index (χ3v) is 5.93. The van der Waals surface area contributed by atoms with Gasteiger partial charge in [0.05, 0.1) is 17.1 Å². The molecule has 2 unspecified atom stereocenters. The number of hydrogen-bond acceptors (Lipinski definition) is 3. The van der Waals surface area contributed by atoms with Gasteiger partial charge in [-0.15, -0.1) is 0 Å². The zero-order valence-electron chi connectivity index (χ0n) is 17.4. The van der Waals surface area contributed by atoms with Gasteiger partial charge in [-0.1, -0.05) is 18.6 Å². The first-order chi connectivity index (χ1) is 14.1. The molecule has 0 aromatic carbocycles. The molecule has 2 atom stereocenters. The molecule has 6 heteroatoms. The maximum absolute atomic E-state index is 12.4. The summed E-state index contributed by atoms with van der Waals surface area (Å²) in [5, 5.41) is 7.69. The van der Waals surface area contributed by atoms with E-state index in [-0.39, 0.29) is 11.9 Å². The van der Waals surface area contributed by atoms with Gasteiger partial charge in [0.25, 0.3) is 0 Å². The number of aromatic nitrogens is 4. The highest BCUT2D eigenvalue weighted by Gasteiger charge is 2.24. The molecule has 1 saturated carbocycles. The topological polar surface area (TPSA) is 75.6 Å². The first-order valence-electron chi connectivity index (χ1n) is 10.8. The molecule has 0 bridgehead atoms. The van der Waals surface area contributed by atoms with Gasteiger partial charge in [-0.2, -0.15) is 5.10 Å². The second-order valence-corrected chi connectivity index (χ2v) is 8.42. The molecule has 154 valence electrons. The van der Waals surface area contributed by atoms with Crippen LogP contribution in [0.15, 0.2) is 18.2 Å². The monoisotopic (exact) mass is 393 g/mol. The molecule has 2 aliphatic carbocycles. The van der Waals surface area contributed by atoms with Crippen LogP contribution in [0.4, 0.5) is 0 Å². The zero-order valence-corrected chi connectivity index (χ0v) is 17.4. The summed E-state index contributed by atoms with van der Waals surface area (Å²) < 4.78 is 1.92. The highest BCUT2D eigenvalue weighted by atomic mass is 16.1. The van der Waals surface area contributed by atoms with Crippen LogP contribution in [0.2, 0.25) is 0 Å². The standard InChI is InChI=1S/C23H31N5O/c1-16-13-17(2)28(27-16)12-11-23(29)24-19-8-6-7-18(14-19)15-22-25-20-9-4-3-5-10-21(20)26-22/h4-5,9-10,13,18-19H,3,6-8,11-12,14-15H2,1-2H3,(H,24,29)(H,25,26). The van der Waals surface area contributed by atoms with Crippen molar-refractivity contribution >= 4 is 18.1 Å². The number of aryl methyl sites for hydroxylation is 3. The Morgan fingerprint density at radius 3 is 2.97 bits per heavy atom. The van der Waals surface area contributed by atoms with Gasteiger partial charge in [0.1, 0.15) is 5.82 Å². The molecule has 2 aromatic heterocycles. The average molecular weight is 394 g/mol. The number of rotatable bonds is 6. The summed E-state index contributed by atoms with van der Waals surface area (Å²) >= 11 is 0. The number of hydrogen-bond donors (Lipinski definition) is 2. The van der Waals surface area contributed by atoms with Gasteiger partial charge in [0.15, 0.2) is 0 Å². The minimum atomic E-state index is 0.128. The van der Waals surface area contributed by atoms with Crippen molar-refractivity contribution < 1.29 is 4.79 Å². The lowest BCUT2D eigenvalue weighted by Crippen LogP contribution is -2.39. The van der Waals surface area contributed by atoms with Crippen molar-refractivity contribution in [3.05, 3.63) is 46.8 Å². The number of allylic oxidation sites excluding steroid dienone is 2. The number of nitrogens with one attached hydrogen (secondary N) is 2. The molecular weight excluding hydrogens is 362 g/mol. The van der Waals surface area contributed by atoms with Gasteiger partial charge < -0.3 is 10.3 Å². The number of aromatic amines is 1. The summed E-state index contributed by atoms with van der Waals surface area (Å²) in [5.74, 6) is 1.75. The lowest BCUT2D eigenvalue weighted by Gasteiger charge is -2.29. The van der Waals surface area contributed by atoms with Crippen LogP contribution in [0.25, 0.3) is 12.2 Å². The molecule has 1 amide bonds. The maximum Gasteiger partial charge on any atom is 0.222 e. The van der Waals surface area contributed by atoms with E-state index in [1.54, 1.807) is 0 Å². The normalized spacial score (nSPS) is 21.0. The van der Waals surface area contributed by atoms with E-state index in [1.807, 2.05) is 24.6 Å². The summed E-state index contributed by atoms with van der Waals surface area (Å²) in [6, 6.07) is 2.32. The molecule has 4 rings (SSSR count). The number of imidazole rings is 1. The number of H-pyrrole nitrogens is 1. The van der Waals surface area contributed by atoms with E-state index < -0.39 is 0 Å². The second-order valence-electron chi connectivity index (χ2n) is 8.42. The summed E-state index contributed by atoms with van der Waals surface area (Å²) in [6.07, 6.45) is 15.4. The Bertz CT molecular complexity index is 890. The lowest BCUT2D eigenvalue weighted by molar-refractivity contribution is -0.122. The van der Waals surface area contributed by atoms with E-state index in [4.69, 9.17) is 4.98 Å². The van der Waals surface area contributed by atoms with E-state index in [1.165, 1.54) is 6.42 Å². The molecule has 0 aliphatic heterocycles. The molecule has 0 spiro atoms. The molecule has 29 heavy (non-hydrogen) atoms. The second kappa shape index (κ2) is 8.80. The summed E-state index contributed by atoms with van der Waals surface area (Å²) in [7, 11) is 0. The van der Waals surface area contributed by atoms with Crippen LogP contribution in [0.3, 0.4) is 0 Å². The Labute approximate surface area is 172 Å². The number of fused-ring (bicyclic) bond motifs is 1. The Balaban J connectivity index is 1.27. The van der Waals surface area contributed by atoms with Crippen LogP contribution in [-0.2, 0) is 17.8 Å². The van der Waals surface area contributed by atoms with Gasteiger partial charge >= 0.3 is 0 Å². The fraction of sp³-hybridized carbons (Fsp3) is 0.522. The van der Waals surface area contributed by atoms with Crippen LogP contribution in [0.1, 0.15) is 67.1 Å². The Morgan fingerprint density at radius 1 is 1.28 bits per heavy atom. The fourth-order valence-corrected chi connectivity index (χ4v) is 4.54. The van der Waals surface area contributed by atoms with Gasteiger partial charge in [-0.05, 0) is 63.7 Å². The largest absolute Gasteiger partial charge is 0.353 e. The number of carbonyl (C=O) groups is 1. The summed E-state index contributed by atoms with van der Waals surface area (Å²) in [5.41, 5.74) is 4.26. The van der Waals surface area contributed by atoms with Crippen molar-refractivity contribution in [2.24, 2.45) is 5.92 Å². The van der Waals surface area contributed by atoms with Crippen molar-refractivity contribution in [3.63, 3.8) is 0 Å². The highest BCUT2D eigenvalue weighted by molar-refractivity contribution is 5.76. The third-order valence-electron chi connectivity index (χ3n) is 5.93. The van der Waals surface area contributed by atoms with Crippen LogP contribution in [0.5, 0.6) is 0 Å². The number of nitrogens with zero attached hydrogens (tertiary/aromatic N) is 3. The van der Waals surface area contributed by atoms with Crippen LogP contribution < -0.4 is 5.32 Å². The molecule has 2 aromatic rings. The minimum Gasteiger partial charge on any atom is -0.353 e. The SMILES string of the molecule is Cc1cc(C)n(CCC(=O)NC2CCCC(Cc3nc4c([nH]3)C=CCC=C4)C2)n1. The summed E-state index contributed by atoms with van der Waals surface area (Å²) in [6.45, 7) is 4.65. The third kappa shape index (κ3) is 5.05. The smallest absolute Gasteiger partial charge is 0.222 e. The first-order valence-corrected chi connectivity index (χ1v) is 10.8. The van der Waals surface area contributed by atoms with Gasteiger partial charge in [-0.3, -0.25) is 9.48 Å². The zero-order chi connectivity index (χ0) is 20.2. The quantitative estimate of drug-likeness (QED) is 0.780.